The van der Waals surface area contributed by atoms with Crippen LogP contribution >= 0.6 is 0 Å². The van der Waals surface area contributed by atoms with Gasteiger partial charge in [0.05, 0.1) is 5.56 Å². The Kier molecular flexibility index (Phi) is 2.96. The van der Waals surface area contributed by atoms with Crippen molar-refractivity contribution in [3.05, 3.63) is 29.3 Å². The number of hydrogen-bond acceptors (Lipinski definition) is 4. The van der Waals surface area contributed by atoms with E-state index in [0.29, 0.717) is 18.2 Å². The molecule has 0 aliphatic carbocycles. The topological polar surface area (TPSA) is 47.6 Å². The van der Waals surface area contributed by atoms with Crippen LogP contribution in [0.1, 0.15) is 35.7 Å². The largest absolute Gasteiger partial charge is 0.489 e. The highest BCUT2D eigenvalue weighted by atomic mass is 16.5. The molecule has 1 aromatic rings. The van der Waals surface area contributed by atoms with Crippen molar-refractivity contribution in [1.82, 2.24) is 5.32 Å². The lowest BCUT2D eigenvalue weighted by Gasteiger charge is -2.21. The molecular formula is C14H17NO3. The lowest BCUT2D eigenvalue weighted by atomic mass is 10.1. The molecule has 96 valence electrons. The van der Waals surface area contributed by atoms with E-state index in [1.807, 2.05) is 12.1 Å². The van der Waals surface area contributed by atoms with Gasteiger partial charge in [-0.15, -0.1) is 0 Å². The number of ether oxygens (including phenoxy) is 2. The van der Waals surface area contributed by atoms with Crippen LogP contribution in [-0.4, -0.2) is 24.7 Å². The molecular weight excluding hydrogens is 230 g/mol. The fourth-order valence-corrected chi connectivity index (χ4v) is 2.59. The number of carbonyl (C=O) groups is 1. The smallest absolute Gasteiger partial charge is 0.338 e. The average molecular weight is 247 g/mol. The first-order valence-corrected chi connectivity index (χ1v) is 6.44. The zero-order chi connectivity index (χ0) is 12.5. The van der Waals surface area contributed by atoms with Crippen LogP contribution in [0.2, 0.25) is 0 Å². The highest BCUT2D eigenvalue weighted by Gasteiger charge is 2.24. The van der Waals surface area contributed by atoms with Crippen molar-refractivity contribution in [1.29, 1.82) is 0 Å². The Hall–Kier alpha value is -1.55. The molecule has 1 saturated heterocycles. The standard InChI is InChI=1S/C14H17NO3/c1-9(13-3-2-6-15-13)18-11-4-5-12-10(7-11)8-17-14(12)16/h4-5,7,9,13,15H,2-3,6,8H2,1H3. The third-order valence-electron chi connectivity index (χ3n) is 3.64. The van der Waals surface area contributed by atoms with E-state index in [0.717, 1.165) is 24.3 Å². The number of cyclic esters (lactones) is 1. The first-order valence-electron chi connectivity index (χ1n) is 6.44. The van der Waals surface area contributed by atoms with Crippen molar-refractivity contribution in [3.8, 4) is 5.75 Å². The summed E-state index contributed by atoms with van der Waals surface area (Å²) in [6, 6.07) is 5.97. The Labute approximate surface area is 106 Å². The number of rotatable bonds is 3. The first kappa shape index (κ1) is 11.5. The van der Waals surface area contributed by atoms with Gasteiger partial charge in [0.2, 0.25) is 0 Å². The minimum absolute atomic E-state index is 0.142. The van der Waals surface area contributed by atoms with Crippen molar-refractivity contribution in [3.63, 3.8) is 0 Å². The molecule has 1 fully saturated rings. The number of nitrogens with one attached hydrogen (secondary N) is 1. The molecule has 4 nitrogen and oxygen atoms in total. The van der Waals surface area contributed by atoms with Crippen LogP contribution in [0.3, 0.4) is 0 Å². The molecule has 0 amide bonds. The Morgan fingerprint density at radius 1 is 1.50 bits per heavy atom. The van der Waals surface area contributed by atoms with Gasteiger partial charge in [-0.3, -0.25) is 0 Å². The average Bonchev–Trinajstić information content (AvgIpc) is 2.99. The molecule has 2 atom stereocenters. The molecule has 2 aliphatic heterocycles. The lowest BCUT2D eigenvalue weighted by molar-refractivity contribution is 0.0535. The highest BCUT2D eigenvalue weighted by Crippen LogP contribution is 2.26. The van der Waals surface area contributed by atoms with E-state index in [2.05, 4.69) is 12.2 Å². The minimum atomic E-state index is -0.234. The maximum atomic E-state index is 11.3. The fraction of sp³-hybridized carbons (Fsp3) is 0.500. The monoisotopic (exact) mass is 247 g/mol. The van der Waals surface area contributed by atoms with Crippen LogP contribution < -0.4 is 10.1 Å². The molecule has 1 N–H and O–H groups in total. The molecule has 0 spiro atoms. The van der Waals surface area contributed by atoms with Crippen LogP contribution in [0, 0.1) is 0 Å². The van der Waals surface area contributed by atoms with Gasteiger partial charge in [-0.05, 0) is 44.5 Å². The zero-order valence-electron chi connectivity index (χ0n) is 10.4. The quantitative estimate of drug-likeness (QED) is 0.828. The lowest BCUT2D eigenvalue weighted by Crippen LogP contribution is -2.36. The van der Waals surface area contributed by atoms with Crippen molar-refractivity contribution < 1.29 is 14.3 Å². The Balaban J connectivity index is 1.71. The molecule has 2 unspecified atom stereocenters. The van der Waals surface area contributed by atoms with Gasteiger partial charge >= 0.3 is 5.97 Å². The summed E-state index contributed by atoms with van der Waals surface area (Å²) in [4.78, 5) is 11.3. The zero-order valence-corrected chi connectivity index (χ0v) is 10.4. The van der Waals surface area contributed by atoms with Gasteiger partial charge in [0.1, 0.15) is 18.5 Å². The van der Waals surface area contributed by atoms with E-state index < -0.39 is 0 Å². The summed E-state index contributed by atoms with van der Waals surface area (Å²) in [5.74, 6) is 0.579. The highest BCUT2D eigenvalue weighted by molar-refractivity contribution is 5.93. The SMILES string of the molecule is CC(Oc1ccc2c(c1)COC2=O)C1CCCN1. The Morgan fingerprint density at radius 3 is 3.17 bits per heavy atom. The van der Waals surface area contributed by atoms with E-state index >= 15 is 0 Å². The van der Waals surface area contributed by atoms with Crippen LogP contribution in [0.15, 0.2) is 18.2 Å². The summed E-state index contributed by atoms with van der Waals surface area (Å²) in [5, 5.41) is 3.43. The second-order valence-electron chi connectivity index (χ2n) is 4.92. The molecule has 4 heteroatoms. The Morgan fingerprint density at radius 2 is 2.39 bits per heavy atom. The first-order chi connectivity index (χ1) is 8.74. The third-order valence-corrected chi connectivity index (χ3v) is 3.64. The normalized spacial score (nSPS) is 23.6. The van der Waals surface area contributed by atoms with Gasteiger partial charge in [-0.1, -0.05) is 0 Å². The summed E-state index contributed by atoms with van der Waals surface area (Å²) in [5.41, 5.74) is 1.58. The van der Waals surface area contributed by atoms with Crippen LogP contribution in [0.25, 0.3) is 0 Å². The van der Waals surface area contributed by atoms with Crippen molar-refractivity contribution in [2.75, 3.05) is 6.54 Å². The van der Waals surface area contributed by atoms with Crippen LogP contribution in [0.5, 0.6) is 5.75 Å². The van der Waals surface area contributed by atoms with E-state index in [1.165, 1.54) is 6.42 Å². The molecule has 2 heterocycles. The van der Waals surface area contributed by atoms with Gasteiger partial charge in [0.25, 0.3) is 0 Å². The van der Waals surface area contributed by atoms with Gasteiger partial charge in [-0.25, -0.2) is 4.79 Å². The van der Waals surface area contributed by atoms with Crippen molar-refractivity contribution in [2.45, 2.75) is 38.5 Å². The van der Waals surface area contributed by atoms with Crippen molar-refractivity contribution in [2.24, 2.45) is 0 Å². The van der Waals surface area contributed by atoms with Gasteiger partial charge in [0.15, 0.2) is 0 Å². The maximum absolute atomic E-state index is 11.3. The van der Waals surface area contributed by atoms with E-state index in [-0.39, 0.29) is 12.1 Å². The number of esters is 1. The van der Waals surface area contributed by atoms with E-state index in [9.17, 15) is 4.79 Å². The summed E-state index contributed by atoms with van der Waals surface area (Å²) < 4.78 is 10.9. The molecule has 0 bridgehead atoms. The molecule has 18 heavy (non-hydrogen) atoms. The van der Waals surface area contributed by atoms with Crippen LogP contribution in [-0.2, 0) is 11.3 Å². The van der Waals surface area contributed by atoms with Crippen LogP contribution in [0.4, 0.5) is 0 Å². The molecule has 0 aromatic heterocycles. The number of benzene rings is 1. The molecule has 3 rings (SSSR count). The molecule has 1 aromatic carbocycles. The predicted molar refractivity (Wildman–Crippen MR) is 66.7 cm³/mol. The molecule has 0 saturated carbocycles. The predicted octanol–water partition coefficient (Wildman–Crippen LogP) is 1.88. The minimum Gasteiger partial charge on any atom is -0.489 e. The summed E-state index contributed by atoms with van der Waals surface area (Å²) in [6.45, 7) is 3.52. The van der Waals surface area contributed by atoms with Crippen molar-refractivity contribution >= 4 is 5.97 Å². The second-order valence-corrected chi connectivity index (χ2v) is 4.92. The third kappa shape index (κ3) is 2.08. The van der Waals surface area contributed by atoms with E-state index in [1.54, 1.807) is 6.07 Å². The van der Waals surface area contributed by atoms with E-state index in [4.69, 9.17) is 9.47 Å². The van der Waals surface area contributed by atoms with Gasteiger partial charge in [0, 0.05) is 11.6 Å². The number of fused-ring (bicyclic) bond motifs is 1. The fourth-order valence-electron chi connectivity index (χ4n) is 2.59. The summed E-state index contributed by atoms with van der Waals surface area (Å²) >= 11 is 0. The summed E-state index contributed by atoms with van der Waals surface area (Å²) in [7, 11) is 0. The second kappa shape index (κ2) is 4.61. The molecule has 0 radical (unpaired) electrons. The Bertz CT molecular complexity index is 466. The number of carbonyl (C=O) groups excluding carboxylic acids is 1. The van der Waals surface area contributed by atoms with Gasteiger partial charge < -0.3 is 14.8 Å². The summed E-state index contributed by atoms with van der Waals surface area (Å²) in [6.07, 6.45) is 2.52. The number of hydrogen-bond donors (Lipinski definition) is 1. The van der Waals surface area contributed by atoms with Gasteiger partial charge in [-0.2, -0.15) is 0 Å². The molecule has 2 aliphatic rings. The maximum Gasteiger partial charge on any atom is 0.338 e.